The van der Waals surface area contributed by atoms with Crippen LogP contribution in [-0.2, 0) is 19.1 Å². The quantitative estimate of drug-likeness (QED) is 0.618. The van der Waals surface area contributed by atoms with E-state index >= 15 is 0 Å². The van der Waals surface area contributed by atoms with Crippen LogP contribution in [0.5, 0.6) is 0 Å². The first-order chi connectivity index (χ1) is 16.3. The van der Waals surface area contributed by atoms with Gasteiger partial charge in [-0.15, -0.1) is 0 Å². The molecule has 2 atom stereocenters. The van der Waals surface area contributed by atoms with E-state index in [1.54, 1.807) is 4.90 Å². The van der Waals surface area contributed by atoms with Crippen LogP contribution in [0.1, 0.15) is 43.7 Å². The minimum absolute atomic E-state index is 0.0359. The van der Waals surface area contributed by atoms with Crippen LogP contribution in [0, 0.1) is 0 Å². The molecule has 2 aromatic carbocycles. The van der Waals surface area contributed by atoms with Gasteiger partial charge >= 0.3 is 12.1 Å². The second kappa shape index (κ2) is 10.3. The lowest BCUT2D eigenvalue weighted by Crippen LogP contribution is -2.49. The Morgan fingerprint density at radius 2 is 1.68 bits per heavy atom. The number of carbonyl (C=O) groups excluding carboxylic acids is 2. The van der Waals surface area contributed by atoms with Crippen molar-refractivity contribution in [2.24, 2.45) is 0 Å². The summed E-state index contributed by atoms with van der Waals surface area (Å²) in [5.41, 5.74) is 4.36. The van der Waals surface area contributed by atoms with Crippen molar-refractivity contribution in [3.63, 3.8) is 0 Å². The summed E-state index contributed by atoms with van der Waals surface area (Å²) in [6, 6.07) is 14.8. The predicted octanol–water partition coefficient (Wildman–Crippen LogP) is 3.39. The summed E-state index contributed by atoms with van der Waals surface area (Å²) in [6.07, 6.45) is -0.711. The molecule has 8 nitrogen and oxygen atoms in total. The number of rotatable bonds is 8. The Bertz CT molecular complexity index is 1020. The van der Waals surface area contributed by atoms with Gasteiger partial charge in [-0.05, 0) is 42.5 Å². The van der Waals surface area contributed by atoms with E-state index in [-0.39, 0.29) is 24.7 Å². The van der Waals surface area contributed by atoms with Crippen LogP contribution >= 0.6 is 0 Å². The molecule has 0 spiro atoms. The van der Waals surface area contributed by atoms with Crippen LogP contribution in [0.25, 0.3) is 11.1 Å². The van der Waals surface area contributed by atoms with Gasteiger partial charge in [-0.3, -0.25) is 9.59 Å². The summed E-state index contributed by atoms with van der Waals surface area (Å²) >= 11 is 0. The Hall–Kier alpha value is -3.39. The van der Waals surface area contributed by atoms with Gasteiger partial charge in [-0.1, -0.05) is 48.5 Å². The standard InChI is InChI=1S/C26H30N2O6/c1-16(2)34-17-11-12-28(14-17)25(31)23(13-24(29)30)27-26(32)33-15-22-20-9-5-3-7-18(20)19-8-4-6-10-21(19)22/h3-10,16-17,22-23H,11-15H2,1-2H3,(H,27,32)(H,29,30). The SMILES string of the molecule is CC(C)OC1CCN(C(=O)C(CC(=O)O)NC(=O)OCC2c3ccccc3-c3ccccc32)C1. The summed E-state index contributed by atoms with van der Waals surface area (Å²) in [4.78, 5) is 38.5. The lowest BCUT2D eigenvalue weighted by molar-refractivity contribution is -0.142. The van der Waals surface area contributed by atoms with Crippen molar-refractivity contribution in [2.45, 2.75) is 50.9 Å². The van der Waals surface area contributed by atoms with Crippen molar-refractivity contribution in [1.82, 2.24) is 10.2 Å². The number of alkyl carbamates (subject to hydrolysis) is 1. The van der Waals surface area contributed by atoms with E-state index in [9.17, 15) is 19.5 Å². The van der Waals surface area contributed by atoms with Gasteiger partial charge in [0.05, 0.1) is 18.6 Å². The van der Waals surface area contributed by atoms with Crippen LogP contribution < -0.4 is 5.32 Å². The van der Waals surface area contributed by atoms with E-state index in [4.69, 9.17) is 9.47 Å². The highest BCUT2D eigenvalue weighted by molar-refractivity contribution is 5.89. The lowest BCUT2D eigenvalue weighted by atomic mass is 9.98. The summed E-state index contributed by atoms with van der Waals surface area (Å²) in [6.45, 7) is 4.77. The van der Waals surface area contributed by atoms with Crippen LogP contribution in [0.3, 0.4) is 0 Å². The monoisotopic (exact) mass is 466 g/mol. The smallest absolute Gasteiger partial charge is 0.407 e. The largest absolute Gasteiger partial charge is 0.481 e. The third-order valence-corrected chi connectivity index (χ3v) is 6.23. The molecule has 1 aliphatic heterocycles. The highest BCUT2D eigenvalue weighted by Gasteiger charge is 2.34. The van der Waals surface area contributed by atoms with Crippen molar-refractivity contribution in [1.29, 1.82) is 0 Å². The number of carbonyl (C=O) groups is 3. The fraction of sp³-hybridized carbons (Fsp3) is 0.423. The summed E-state index contributed by atoms with van der Waals surface area (Å²) in [7, 11) is 0. The average molecular weight is 467 g/mol. The second-order valence-electron chi connectivity index (χ2n) is 9.00. The molecule has 4 rings (SSSR count). The first kappa shape index (κ1) is 23.8. The molecule has 1 saturated heterocycles. The van der Waals surface area contributed by atoms with E-state index in [0.717, 1.165) is 22.3 Å². The summed E-state index contributed by atoms with van der Waals surface area (Å²) in [5.74, 6) is -1.74. The molecule has 2 aromatic rings. The zero-order valence-corrected chi connectivity index (χ0v) is 19.4. The highest BCUT2D eigenvalue weighted by atomic mass is 16.5. The third kappa shape index (κ3) is 5.22. The third-order valence-electron chi connectivity index (χ3n) is 6.23. The number of likely N-dealkylation sites (tertiary alicyclic amines) is 1. The zero-order chi connectivity index (χ0) is 24.2. The topological polar surface area (TPSA) is 105 Å². The first-order valence-electron chi connectivity index (χ1n) is 11.6. The molecule has 1 heterocycles. The highest BCUT2D eigenvalue weighted by Crippen LogP contribution is 2.44. The number of nitrogens with zero attached hydrogens (tertiary/aromatic N) is 1. The number of benzene rings is 2. The molecule has 34 heavy (non-hydrogen) atoms. The van der Waals surface area contributed by atoms with Gasteiger partial charge in [0.15, 0.2) is 0 Å². The van der Waals surface area contributed by atoms with Crippen molar-refractivity contribution < 1.29 is 29.0 Å². The van der Waals surface area contributed by atoms with E-state index in [1.807, 2.05) is 62.4 Å². The summed E-state index contributed by atoms with van der Waals surface area (Å²) in [5, 5.41) is 11.8. The maximum Gasteiger partial charge on any atom is 0.407 e. The van der Waals surface area contributed by atoms with Gasteiger partial charge in [-0.25, -0.2) is 4.79 Å². The molecule has 2 N–H and O–H groups in total. The second-order valence-corrected chi connectivity index (χ2v) is 9.00. The number of hydrogen-bond donors (Lipinski definition) is 2. The predicted molar refractivity (Wildman–Crippen MR) is 125 cm³/mol. The number of carboxylic acid groups (broad SMARTS) is 1. The molecule has 180 valence electrons. The maximum atomic E-state index is 13.0. The Kier molecular flexibility index (Phi) is 7.17. The fourth-order valence-corrected chi connectivity index (χ4v) is 4.80. The number of hydrogen-bond acceptors (Lipinski definition) is 5. The van der Waals surface area contributed by atoms with E-state index in [1.165, 1.54) is 0 Å². The van der Waals surface area contributed by atoms with Gasteiger partial charge in [0.1, 0.15) is 12.6 Å². The van der Waals surface area contributed by atoms with Crippen molar-refractivity contribution in [2.75, 3.05) is 19.7 Å². The molecule has 0 bridgehead atoms. The molecule has 1 aliphatic carbocycles. The molecule has 8 heteroatoms. The number of nitrogens with one attached hydrogen (secondary N) is 1. The number of aliphatic carboxylic acids is 1. The Morgan fingerprint density at radius 1 is 1.06 bits per heavy atom. The average Bonchev–Trinajstić information content (AvgIpc) is 3.38. The Morgan fingerprint density at radius 3 is 2.26 bits per heavy atom. The molecule has 0 radical (unpaired) electrons. The summed E-state index contributed by atoms with van der Waals surface area (Å²) < 4.78 is 11.3. The lowest BCUT2D eigenvalue weighted by Gasteiger charge is -2.24. The number of carboxylic acids is 1. The van der Waals surface area contributed by atoms with Gasteiger partial charge in [0.2, 0.25) is 5.91 Å². The molecule has 2 unspecified atom stereocenters. The van der Waals surface area contributed by atoms with E-state index in [2.05, 4.69) is 5.32 Å². The van der Waals surface area contributed by atoms with E-state index in [0.29, 0.717) is 19.5 Å². The number of fused-ring (bicyclic) bond motifs is 3. The Balaban J connectivity index is 1.39. The van der Waals surface area contributed by atoms with Gasteiger partial charge in [0.25, 0.3) is 0 Å². The molecular formula is C26H30N2O6. The number of ether oxygens (including phenoxy) is 2. The van der Waals surface area contributed by atoms with Gasteiger partial charge < -0.3 is 24.8 Å². The molecule has 2 amide bonds. The number of amides is 2. The van der Waals surface area contributed by atoms with Crippen LogP contribution in [0.2, 0.25) is 0 Å². The minimum atomic E-state index is -1.20. The van der Waals surface area contributed by atoms with Gasteiger partial charge in [0, 0.05) is 19.0 Å². The van der Waals surface area contributed by atoms with Crippen molar-refractivity contribution in [3.05, 3.63) is 59.7 Å². The van der Waals surface area contributed by atoms with Crippen LogP contribution in [-0.4, -0.2) is 65.9 Å². The maximum absolute atomic E-state index is 13.0. The van der Waals surface area contributed by atoms with Gasteiger partial charge in [-0.2, -0.15) is 0 Å². The molecule has 1 fully saturated rings. The van der Waals surface area contributed by atoms with E-state index < -0.39 is 30.4 Å². The zero-order valence-electron chi connectivity index (χ0n) is 19.4. The Labute approximate surface area is 198 Å². The van der Waals surface area contributed by atoms with Crippen molar-refractivity contribution >= 4 is 18.0 Å². The first-order valence-corrected chi connectivity index (χ1v) is 11.6. The molecule has 2 aliphatic rings. The van der Waals surface area contributed by atoms with Crippen molar-refractivity contribution in [3.8, 4) is 11.1 Å². The molecular weight excluding hydrogens is 436 g/mol. The van der Waals surface area contributed by atoms with Crippen LogP contribution in [0.15, 0.2) is 48.5 Å². The fourth-order valence-electron chi connectivity index (χ4n) is 4.80. The molecule has 0 aromatic heterocycles. The van der Waals surface area contributed by atoms with Crippen LogP contribution in [0.4, 0.5) is 4.79 Å². The molecule has 0 saturated carbocycles. The minimum Gasteiger partial charge on any atom is -0.481 e. The normalized spacial score (nSPS) is 17.9.